The number of H-pyrrole nitrogens is 2. The molecule has 7 heterocycles. The molecule has 2 aliphatic rings. The third kappa shape index (κ3) is 4.93. The lowest BCUT2D eigenvalue weighted by atomic mass is 10.1. The lowest BCUT2D eigenvalue weighted by Gasteiger charge is -2.14. The first-order valence-corrected chi connectivity index (χ1v) is 17.2. The number of ether oxygens (including phenoxy) is 2. The zero-order valence-electron chi connectivity index (χ0n) is 28.1. The monoisotopic (exact) mass is 700 g/mol. The highest BCUT2D eigenvalue weighted by Gasteiger charge is 2.26. The highest BCUT2D eigenvalue weighted by atomic mass is 16.5. The van der Waals surface area contributed by atoms with E-state index in [0.29, 0.717) is 80.0 Å². The van der Waals surface area contributed by atoms with Gasteiger partial charge in [0.15, 0.2) is 34.8 Å². The first-order chi connectivity index (χ1) is 26.7. The summed E-state index contributed by atoms with van der Waals surface area (Å²) in [5, 5.41) is 3.63. The number of aromatic amines is 2. The minimum absolute atomic E-state index is 0.406. The highest BCUT2D eigenvalue weighted by molar-refractivity contribution is 6.07. The van der Waals surface area contributed by atoms with Crippen molar-refractivity contribution >= 4 is 44.1 Å². The van der Waals surface area contributed by atoms with Gasteiger partial charge in [0, 0.05) is 56.2 Å². The van der Waals surface area contributed by atoms with Crippen LogP contribution in [0.2, 0.25) is 0 Å². The van der Waals surface area contributed by atoms with Gasteiger partial charge in [0.1, 0.15) is 34.1 Å². The van der Waals surface area contributed by atoms with Gasteiger partial charge in [0.25, 0.3) is 0 Å². The van der Waals surface area contributed by atoms with Gasteiger partial charge in [-0.3, -0.25) is 9.97 Å². The van der Waals surface area contributed by atoms with Crippen LogP contribution in [-0.4, -0.2) is 49.8 Å². The lowest BCUT2D eigenvalue weighted by molar-refractivity contribution is 0.417. The molecular weight excluding hydrogens is 677 g/mol. The maximum absolute atomic E-state index is 6.40. The van der Waals surface area contributed by atoms with Gasteiger partial charge in [-0.05, 0) is 36.4 Å². The molecule has 0 spiro atoms. The van der Waals surface area contributed by atoms with Gasteiger partial charge in [-0.2, -0.15) is 0 Å². The van der Waals surface area contributed by atoms with Crippen molar-refractivity contribution in [1.82, 2.24) is 49.8 Å². The van der Waals surface area contributed by atoms with Gasteiger partial charge in [-0.15, -0.1) is 0 Å². The minimum atomic E-state index is 0.406. The summed E-state index contributed by atoms with van der Waals surface area (Å²) >= 11 is 0. The summed E-state index contributed by atoms with van der Waals surface area (Å²) < 4.78 is 12.8. The Morgan fingerprint density at radius 3 is 1.20 bits per heavy atom. The van der Waals surface area contributed by atoms with Crippen molar-refractivity contribution in [2.75, 3.05) is 0 Å². The van der Waals surface area contributed by atoms with E-state index < -0.39 is 0 Å². The molecule has 4 aromatic carbocycles. The number of hydrogen-bond acceptors (Lipinski definition) is 10. The Hall–Kier alpha value is -7.86. The number of aromatic nitrogens is 10. The first-order valence-electron chi connectivity index (χ1n) is 17.2. The summed E-state index contributed by atoms with van der Waals surface area (Å²) in [5.41, 5.74) is 5.59. The highest BCUT2D eigenvalue weighted by Crippen LogP contribution is 2.45. The normalized spacial score (nSPS) is 11.7. The lowest BCUT2D eigenvalue weighted by Crippen LogP contribution is -1.94. The van der Waals surface area contributed by atoms with Gasteiger partial charge in [0.05, 0.1) is 12.4 Å². The first kappa shape index (κ1) is 29.8. The van der Waals surface area contributed by atoms with E-state index in [0.717, 1.165) is 32.7 Å². The van der Waals surface area contributed by atoms with Crippen LogP contribution in [0, 0.1) is 0 Å². The number of rotatable bonds is 4. The molecule has 5 aromatic heterocycles. The summed E-state index contributed by atoms with van der Waals surface area (Å²) in [5.74, 6) is 3.75. The second-order valence-corrected chi connectivity index (χ2v) is 12.7. The van der Waals surface area contributed by atoms with Gasteiger partial charge < -0.3 is 19.4 Å². The quantitative estimate of drug-likeness (QED) is 0.182. The fourth-order valence-corrected chi connectivity index (χ4v) is 6.88. The molecule has 0 radical (unpaired) electrons. The predicted octanol–water partition coefficient (Wildman–Crippen LogP) is 9.24. The largest absolute Gasteiger partial charge is 0.452 e. The summed E-state index contributed by atoms with van der Waals surface area (Å²) in [6.07, 6.45) is 6.66. The van der Waals surface area contributed by atoms with Gasteiger partial charge >= 0.3 is 0 Å². The zero-order valence-corrected chi connectivity index (χ0v) is 28.1. The molecule has 11 rings (SSSR count). The number of benzene rings is 4. The second kappa shape index (κ2) is 11.9. The van der Waals surface area contributed by atoms with Crippen molar-refractivity contribution < 1.29 is 9.47 Å². The third-order valence-corrected chi connectivity index (χ3v) is 9.34. The summed E-state index contributed by atoms with van der Waals surface area (Å²) in [4.78, 5) is 46.0. The van der Waals surface area contributed by atoms with E-state index in [2.05, 4.69) is 19.9 Å². The molecule has 0 saturated carbocycles. The molecule has 0 saturated heterocycles. The molecule has 0 aliphatic carbocycles. The van der Waals surface area contributed by atoms with Crippen LogP contribution in [-0.2, 0) is 0 Å². The molecule has 0 unspecified atom stereocenters. The van der Waals surface area contributed by atoms with E-state index in [9.17, 15) is 0 Å². The van der Waals surface area contributed by atoms with Crippen LogP contribution < -0.4 is 9.47 Å². The van der Waals surface area contributed by atoms with E-state index in [1.54, 1.807) is 30.9 Å². The van der Waals surface area contributed by atoms with E-state index in [1.165, 1.54) is 0 Å². The molecule has 2 aliphatic heterocycles. The zero-order chi connectivity index (χ0) is 35.6. The summed E-state index contributed by atoms with van der Waals surface area (Å²) in [6.45, 7) is 0. The van der Waals surface area contributed by atoms with Crippen LogP contribution in [0.4, 0.5) is 0 Å². The number of nitrogens with one attached hydrogen (secondary N) is 2. The Morgan fingerprint density at radius 2 is 0.759 bits per heavy atom. The SMILES string of the molecule is c1cncc(Oc2cc3c(cc2Oc2cccnc2)-c2nc-3nc3nc(nc4[nH]c(nc5[nH]c(n2)c2ccccc52)c2ccccc42)-c2ccccc2-3)c1. The second-order valence-electron chi connectivity index (χ2n) is 12.7. The number of nitrogens with zero attached hydrogens (tertiary/aromatic N) is 8. The van der Waals surface area contributed by atoms with E-state index in [-0.39, 0.29) is 0 Å². The van der Waals surface area contributed by atoms with Crippen molar-refractivity contribution in [3.8, 4) is 68.5 Å². The molecule has 9 aromatic rings. The Morgan fingerprint density at radius 1 is 0.370 bits per heavy atom. The van der Waals surface area contributed by atoms with Crippen molar-refractivity contribution in [3.63, 3.8) is 0 Å². The maximum Gasteiger partial charge on any atom is 0.170 e. The molecule has 0 fully saturated rings. The van der Waals surface area contributed by atoms with Crippen LogP contribution in [0.15, 0.2) is 134 Å². The minimum Gasteiger partial charge on any atom is -0.452 e. The predicted molar refractivity (Wildman–Crippen MR) is 205 cm³/mol. The standard InChI is InChI=1S/C42H24N10O2/c1-2-12-26-25(11-1)35-45-36(26)47-38-28-14-4-6-16-30(28)40(49-38)51-42-32-20-34(54-24-10-8-18-44-22-24)33(53-23-9-7-17-43-21-23)19-31(32)41(52-42)50-39-29-15-5-3-13-27(29)37(46-35)48-39/h1-22H,(H2,45,46,47,48,49,50,51,52). The summed E-state index contributed by atoms with van der Waals surface area (Å²) in [7, 11) is 0. The van der Waals surface area contributed by atoms with Crippen LogP contribution in [0.1, 0.15) is 0 Å². The summed E-state index contributed by atoms with van der Waals surface area (Å²) in [6, 6.07) is 35.0. The molecule has 2 N–H and O–H groups in total. The topological polar surface area (TPSA) is 153 Å². The Balaban J connectivity index is 1.25. The Bertz CT molecular complexity index is 3130. The van der Waals surface area contributed by atoms with Gasteiger partial charge in [0.2, 0.25) is 0 Å². The molecule has 12 nitrogen and oxygen atoms in total. The van der Waals surface area contributed by atoms with Crippen LogP contribution in [0.5, 0.6) is 23.0 Å². The number of fused-ring (bicyclic) bond motifs is 20. The van der Waals surface area contributed by atoms with Crippen molar-refractivity contribution in [3.05, 3.63) is 134 Å². The molecule has 0 atom stereocenters. The molecule has 12 heteroatoms. The number of pyridine rings is 2. The molecule has 0 amide bonds. The van der Waals surface area contributed by atoms with Crippen LogP contribution in [0.3, 0.4) is 0 Å². The fourth-order valence-electron chi connectivity index (χ4n) is 6.88. The van der Waals surface area contributed by atoms with Crippen LogP contribution >= 0.6 is 0 Å². The van der Waals surface area contributed by atoms with E-state index in [1.807, 2.05) is 103 Å². The number of hydrogen-bond donors (Lipinski definition) is 2. The average molecular weight is 701 g/mol. The van der Waals surface area contributed by atoms with Gasteiger partial charge in [-0.1, -0.05) is 72.8 Å². The molecule has 254 valence electrons. The van der Waals surface area contributed by atoms with Crippen molar-refractivity contribution in [1.29, 1.82) is 0 Å². The molecule has 8 bridgehead atoms. The fraction of sp³-hybridized carbons (Fsp3) is 0. The van der Waals surface area contributed by atoms with Crippen molar-refractivity contribution in [2.24, 2.45) is 0 Å². The van der Waals surface area contributed by atoms with Gasteiger partial charge in [-0.25, -0.2) is 29.9 Å². The Kier molecular flexibility index (Phi) is 6.55. The van der Waals surface area contributed by atoms with Crippen LogP contribution in [0.25, 0.3) is 89.7 Å². The van der Waals surface area contributed by atoms with E-state index >= 15 is 0 Å². The third-order valence-electron chi connectivity index (χ3n) is 9.34. The smallest absolute Gasteiger partial charge is 0.170 e. The maximum atomic E-state index is 6.40. The van der Waals surface area contributed by atoms with Crippen molar-refractivity contribution in [2.45, 2.75) is 0 Å². The molecular formula is C42H24N10O2. The van der Waals surface area contributed by atoms with E-state index in [4.69, 9.17) is 39.4 Å². The molecule has 54 heavy (non-hydrogen) atoms. The Labute approximate surface area is 305 Å². The average Bonchev–Trinajstić information content (AvgIpc) is 3.94.